The summed E-state index contributed by atoms with van der Waals surface area (Å²) in [5.74, 6) is -2.08. The molecule has 0 aliphatic carbocycles. The Kier molecular flexibility index (Phi) is 3.53. The first-order valence-corrected chi connectivity index (χ1v) is 5.01. The number of benzene rings is 1. The van der Waals surface area contributed by atoms with E-state index in [-0.39, 0.29) is 11.1 Å². The predicted octanol–water partition coefficient (Wildman–Crippen LogP) is 2.31. The Morgan fingerprint density at radius 3 is 2.12 bits per heavy atom. The normalized spacial score (nSPS) is 11.1. The monoisotopic (exact) mass is 238 g/mol. The van der Waals surface area contributed by atoms with Gasteiger partial charge in [0.15, 0.2) is 0 Å². The maximum Gasteiger partial charge on any atom is 0.373 e. The fourth-order valence-electron chi connectivity index (χ4n) is 1.76. The number of carboxylic acids is 1. The summed E-state index contributed by atoms with van der Waals surface area (Å²) >= 11 is 0. The third-order valence-electron chi connectivity index (χ3n) is 2.35. The van der Waals surface area contributed by atoms with Crippen LogP contribution in [0.3, 0.4) is 0 Å². The van der Waals surface area contributed by atoms with Crippen LogP contribution in [-0.2, 0) is 10.3 Å². The fraction of sp³-hybridized carbons (Fsp3) is 0.333. The van der Waals surface area contributed by atoms with Crippen molar-refractivity contribution >= 4 is 11.9 Å². The van der Waals surface area contributed by atoms with Crippen molar-refractivity contribution in [1.82, 2.24) is 0 Å². The van der Waals surface area contributed by atoms with E-state index in [0.29, 0.717) is 5.56 Å². The van der Waals surface area contributed by atoms with Gasteiger partial charge in [-0.25, -0.2) is 9.59 Å². The van der Waals surface area contributed by atoms with Crippen molar-refractivity contribution in [1.29, 1.82) is 0 Å². The second kappa shape index (κ2) is 4.55. The van der Waals surface area contributed by atoms with E-state index < -0.39 is 17.4 Å². The average Bonchev–Trinajstić information content (AvgIpc) is 2.25. The van der Waals surface area contributed by atoms with Crippen molar-refractivity contribution in [3.05, 3.63) is 34.9 Å². The molecule has 0 bridgehead atoms. The first-order chi connectivity index (χ1) is 7.79. The quantitative estimate of drug-likeness (QED) is 0.610. The fourth-order valence-corrected chi connectivity index (χ4v) is 1.76. The van der Waals surface area contributed by atoms with Crippen LogP contribution in [0.4, 0.5) is 0 Å². The SMILES string of the molecule is CC(C)(C)c1c(C(=O)O)cccc1C(=O)OO. The molecule has 0 heterocycles. The van der Waals surface area contributed by atoms with E-state index in [9.17, 15) is 9.59 Å². The van der Waals surface area contributed by atoms with Crippen molar-refractivity contribution < 1.29 is 24.8 Å². The zero-order chi connectivity index (χ0) is 13.2. The Balaban J connectivity index is 3.57. The first kappa shape index (κ1) is 13.2. The average molecular weight is 238 g/mol. The van der Waals surface area contributed by atoms with Gasteiger partial charge in [0.05, 0.1) is 11.1 Å². The lowest BCUT2D eigenvalue weighted by atomic mass is 9.80. The summed E-state index contributed by atoms with van der Waals surface area (Å²) in [5, 5.41) is 17.5. The van der Waals surface area contributed by atoms with Crippen LogP contribution in [-0.4, -0.2) is 22.3 Å². The van der Waals surface area contributed by atoms with Crippen LogP contribution in [0.1, 0.15) is 47.1 Å². The highest BCUT2D eigenvalue weighted by molar-refractivity contribution is 5.97. The van der Waals surface area contributed by atoms with Crippen molar-refractivity contribution in [3.8, 4) is 0 Å². The molecule has 0 aromatic heterocycles. The molecule has 1 rings (SSSR count). The molecule has 92 valence electrons. The molecule has 0 saturated carbocycles. The molecule has 0 aliphatic rings. The topological polar surface area (TPSA) is 83.8 Å². The molecule has 0 unspecified atom stereocenters. The molecular weight excluding hydrogens is 224 g/mol. The van der Waals surface area contributed by atoms with Crippen LogP contribution in [0.25, 0.3) is 0 Å². The summed E-state index contributed by atoms with van der Waals surface area (Å²) in [6, 6.07) is 4.27. The number of carbonyl (C=O) groups is 2. The van der Waals surface area contributed by atoms with Gasteiger partial charge in [0.25, 0.3) is 0 Å². The summed E-state index contributed by atoms with van der Waals surface area (Å²) < 4.78 is 0. The Bertz CT molecular complexity index is 456. The van der Waals surface area contributed by atoms with Crippen molar-refractivity contribution in [2.45, 2.75) is 26.2 Å². The van der Waals surface area contributed by atoms with Gasteiger partial charge in [-0.3, -0.25) is 4.89 Å². The molecule has 2 N–H and O–H groups in total. The Hall–Kier alpha value is -1.88. The van der Waals surface area contributed by atoms with Gasteiger partial charge in [-0.2, -0.15) is 5.26 Å². The van der Waals surface area contributed by atoms with Gasteiger partial charge in [-0.05, 0) is 23.1 Å². The lowest BCUT2D eigenvalue weighted by Gasteiger charge is -2.23. The molecule has 0 amide bonds. The van der Waals surface area contributed by atoms with Gasteiger partial charge in [0, 0.05) is 0 Å². The van der Waals surface area contributed by atoms with Crippen molar-refractivity contribution in [2.24, 2.45) is 0 Å². The van der Waals surface area contributed by atoms with Crippen LogP contribution in [0, 0.1) is 0 Å². The van der Waals surface area contributed by atoms with E-state index in [0.717, 1.165) is 0 Å². The highest BCUT2D eigenvalue weighted by atomic mass is 17.1. The summed E-state index contributed by atoms with van der Waals surface area (Å²) in [5.41, 5.74) is -0.134. The number of hydrogen-bond acceptors (Lipinski definition) is 4. The number of rotatable bonds is 2. The maximum atomic E-state index is 11.4. The van der Waals surface area contributed by atoms with Crippen LogP contribution in [0.15, 0.2) is 18.2 Å². The summed E-state index contributed by atoms with van der Waals surface area (Å²) in [7, 11) is 0. The van der Waals surface area contributed by atoms with Crippen LogP contribution in [0.5, 0.6) is 0 Å². The highest BCUT2D eigenvalue weighted by Crippen LogP contribution is 2.30. The lowest BCUT2D eigenvalue weighted by molar-refractivity contribution is -0.182. The van der Waals surface area contributed by atoms with Crippen LogP contribution in [0.2, 0.25) is 0 Å². The van der Waals surface area contributed by atoms with Gasteiger partial charge in [-0.1, -0.05) is 26.8 Å². The van der Waals surface area contributed by atoms with E-state index in [2.05, 4.69) is 4.89 Å². The maximum absolute atomic E-state index is 11.4. The standard InChI is InChI=1S/C12H14O5/c1-12(2,3)9-7(10(13)14)5-4-6-8(9)11(15)17-16/h4-6,16H,1-3H3,(H,13,14). The molecule has 5 nitrogen and oxygen atoms in total. The van der Waals surface area contributed by atoms with Gasteiger partial charge in [0.2, 0.25) is 0 Å². The van der Waals surface area contributed by atoms with Gasteiger partial charge >= 0.3 is 11.9 Å². The molecule has 17 heavy (non-hydrogen) atoms. The van der Waals surface area contributed by atoms with Crippen LogP contribution >= 0.6 is 0 Å². The number of carboxylic acid groups (broad SMARTS) is 1. The number of aromatic carboxylic acids is 1. The van der Waals surface area contributed by atoms with E-state index in [1.165, 1.54) is 18.2 Å². The van der Waals surface area contributed by atoms with Crippen molar-refractivity contribution in [3.63, 3.8) is 0 Å². The van der Waals surface area contributed by atoms with Gasteiger partial charge in [-0.15, -0.1) is 0 Å². The van der Waals surface area contributed by atoms with E-state index in [4.69, 9.17) is 10.4 Å². The third kappa shape index (κ3) is 2.62. The Morgan fingerprint density at radius 1 is 1.18 bits per heavy atom. The van der Waals surface area contributed by atoms with Crippen molar-refractivity contribution in [2.75, 3.05) is 0 Å². The van der Waals surface area contributed by atoms with Gasteiger partial charge in [0.1, 0.15) is 0 Å². The third-order valence-corrected chi connectivity index (χ3v) is 2.35. The van der Waals surface area contributed by atoms with E-state index in [1.54, 1.807) is 20.8 Å². The molecule has 0 saturated heterocycles. The molecule has 5 heteroatoms. The summed E-state index contributed by atoms with van der Waals surface area (Å²) in [6.45, 7) is 5.34. The minimum absolute atomic E-state index is 0.0281. The first-order valence-electron chi connectivity index (χ1n) is 5.01. The summed E-state index contributed by atoms with van der Waals surface area (Å²) in [6.07, 6.45) is 0. The van der Waals surface area contributed by atoms with Gasteiger partial charge < -0.3 is 5.11 Å². The molecule has 1 aromatic carbocycles. The molecule has 0 spiro atoms. The second-order valence-electron chi connectivity index (χ2n) is 4.66. The number of hydrogen-bond donors (Lipinski definition) is 2. The minimum Gasteiger partial charge on any atom is -0.478 e. The Labute approximate surface area is 98.6 Å². The molecule has 0 radical (unpaired) electrons. The molecule has 0 fully saturated rings. The molecule has 0 atom stereocenters. The predicted molar refractivity (Wildman–Crippen MR) is 60.1 cm³/mol. The molecular formula is C12H14O5. The minimum atomic E-state index is -1.12. The summed E-state index contributed by atoms with van der Waals surface area (Å²) in [4.78, 5) is 26.2. The zero-order valence-electron chi connectivity index (χ0n) is 9.85. The van der Waals surface area contributed by atoms with E-state index in [1.807, 2.05) is 0 Å². The number of carbonyl (C=O) groups excluding carboxylic acids is 1. The van der Waals surface area contributed by atoms with Crippen LogP contribution < -0.4 is 0 Å². The second-order valence-corrected chi connectivity index (χ2v) is 4.66. The smallest absolute Gasteiger partial charge is 0.373 e. The molecule has 0 aliphatic heterocycles. The lowest BCUT2D eigenvalue weighted by Crippen LogP contribution is -2.22. The molecule has 1 aromatic rings. The van der Waals surface area contributed by atoms with E-state index >= 15 is 0 Å². The zero-order valence-corrected chi connectivity index (χ0v) is 9.85. The Morgan fingerprint density at radius 2 is 1.71 bits per heavy atom. The highest BCUT2D eigenvalue weighted by Gasteiger charge is 2.28. The largest absolute Gasteiger partial charge is 0.478 e.